The van der Waals surface area contributed by atoms with E-state index in [1.165, 1.54) is 6.92 Å². The first-order valence-electron chi connectivity index (χ1n) is 10.1. The van der Waals surface area contributed by atoms with Crippen molar-refractivity contribution in [2.75, 3.05) is 11.9 Å². The summed E-state index contributed by atoms with van der Waals surface area (Å²) >= 11 is 0. The standard InChI is InChI=1S/C22H28N2O5/c1-12-9-13(2)19(14(3)10-12)23-20(26)15(4)29-18(25)11-24-21(27)16-7-5-6-8-17(16)22(24)28/h9-10,15-17H,5-8,11H2,1-4H3,(H,23,26). The molecule has 29 heavy (non-hydrogen) atoms. The van der Waals surface area contributed by atoms with Gasteiger partial charge in [-0.15, -0.1) is 0 Å². The number of hydrogen-bond donors (Lipinski definition) is 1. The smallest absolute Gasteiger partial charge is 0.326 e. The fourth-order valence-corrected chi connectivity index (χ4v) is 4.41. The van der Waals surface area contributed by atoms with Gasteiger partial charge in [0.15, 0.2) is 6.10 Å². The number of fused-ring (bicyclic) bond motifs is 1. The summed E-state index contributed by atoms with van der Waals surface area (Å²) in [6.45, 7) is 6.81. The van der Waals surface area contributed by atoms with E-state index in [0.717, 1.165) is 34.4 Å². The summed E-state index contributed by atoms with van der Waals surface area (Å²) in [5.41, 5.74) is 3.63. The van der Waals surface area contributed by atoms with Gasteiger partial charge in [0, 0.05) is 5.69 Å². The highest BCUT2D eigenvalue weighted by atomic mass is 16.5. The molecule has 1 saturated heterocycles. The van der Waals surface area contributed by atoms with Crippen LogP contribution in [0.5, 0.6) is 0 Å². The largest absolute Gasteiger partial charge is 0.451 e. The molecule has 0 bridgehead atoms. The monoisotopic (exact) mass is 400 g/mol. The third-order valence-electron chi connectivity index (χ3n) is 5.82. The highest BCUT2D eigenvalue weighted by Gasteiger charge is 2.48. The van der Waals surface area contributed by atoms with Crippen molar-refractivity contribution in [1.82, 2.24) is 4.90 Å². The molecule has 156 valence electrons. The molecule has 1 aromatic carbocycles. The van der Waals surface area contributed by atoms with Crippen LogP contribution in [0, 0.1) is 32.6 Å². The first-order chi connectivity index (χ1) is 13.7. The lowest BCUT2D eigenvalue weighted by Gasteiger charge is -2.19. The Morgan fingerprint density at radius 2 is 1.59 bits per heavy atom. The number of anilines is 1. The number of nitrogens with zero attached hydrogens (tertiary/aromatic N) is 1. The quantitative estimate of drug-likeness (QED) is 0.606. The van der Waals surface area contributed by atoms with Crippen molar-refractivity contribution < 1.29 is 23.9 Å². The topological polar surface area (TPSA) is 92.8 Å². The molecule has 3 atom stereocenters. The number of imide groups is 1. The van der Waals surface area contributed by atoms with Gasteiger partial charge in [0.05, 0.1) is 11.8 Å². The molecule has 3 rings (SSSR count). The second kappa shape index (κ2) is 8.35. The van der Waals surface area contributed by atoms with Gasteiger partial charge in [-0.3, -0.25) is 24.1 Å². The van der Waals surface area contributed by atoms with E-state index in [9.17, 15) is 19.2 Å². The second-order valence-corrected chi connectivity index (χ2v) is 8.16. The number of carbonyl (C=O) groups is 4. The Balaban J connectivity index is 1.58. The Labute approximate surface area is 170 Å². The Bertz CT molecular complexity index is 816. The zero-order valence-electron chi connectivity index (χ0n) is 17.4. The number of amides is 3. The van der Waals surface area contributed by atoms with E-state index in [1.807, 2.05) is 32.9 Å². The van der Waals surface area contributed by atoms with E-state index in [-0.39, 0.29) is 23.7 Å². The molecule has 1 N–H and O–H groups in total. The number of likely N-dealkylation sites (tertiary alicyclic amines) is 1. The van der Waals surface area contributed by atoms with Gasteiger partial charge in [0.25, 0.3) is 5.91 Å². The summed E-state index contributed by atoms with van der Waals surface area (Å²) in [5, 5.41) is 2.80. The van der Waals surface area contributed by atoms with Crippen LogP contribution in [-0.2, 0) is 23.9 Å². The van der Waals surface area contributed by atoms with E-state index in [4.69, 9.17) is 4.74 Å². The van der Waals surface area contributed by atoms with Gasteiger partial charge >= 0.3 is 5.97 Å². The van der Waals surface area contributed by atoms with Crippen molar-refractivity contribution in [2.45, 2.75) is 59.5 Å². The van der Waals surface area contributed by atoms with Gasteiger partial charge in [0.2, 0.25) is 11.8 Å². The van der Waals surface area contributed by atoms with Crippen molar-refractivity contribution in [2.24, 2.45) is 11.8 Å². The Morgan fingerprint density at radius 1 is 1.07 bits per heavy atom. The van der Waals surface area contributed by atoms with Crippen LogP contribution in [-0.4, -0.2) is 41.2 Å². The highest BCUT2D eigenvalue weighted by Crippen LogP contribution is 2.37. The van der Waals surface area contributed by atoms with Crippen molar-refractivity contribution in [3.63, 3.8) is 0 Å². The first kappa shape index (κ1) is 21.0. The van der Waals surface area contributed by atoms with Crippen LogP contribution < -0.4 is 5.32 Å². The summed E-state index contributed by atoms with van der Waals surface area (Å²) in [7, 11) is 0. The predicted molar refractivity (Wildman–Crippen MR) is 107 cm³/mol. The normalized spacial score (nSPS) is 22.3. The predicted octanol–water partition coefficient (Wildman–Crippen LogP) is 2.66. The SMILES string of the molecule is Cc1cc(C)c(NC(=O)C(C)OC(=O)CN2C(=O)C3CCCCC3C2=O)c(C)c1. The Kier molecular flexibility index (Phi) is 6.05. The molecule has 0 radical (unpaired) electrons. The number of rotatable bonds is 5. The number of esters is 1. The second-order valence-electron chi connectivity index (χ2n) is 8.16. The Hall–Kier alpha value is -2.70. The molecule has 1 heterocycles. The third-order valence-corrected chi connectivity index (χ3v) is 5.82. The summed E-state index contributed by atoms with van der Waals surface area (Å²) < 4.78 is 5.20. The molecule has 1 aromatic rings. The third kappa shape index (κ3) is 4.33. The van der Waals surface area contributed by atoms with Crippen molar-refractivity contribution >= 4 is 29.4 Å². The summed E-state index contributed by atoms with van der Waals surface area (Å²) in [4.78, 5) is 50.7. The van der Waals surface area contributed by atoms with Crippen LogP contribution in [0.15, 0.2) is 12.1 Å². The fraction of sp³-hybridized carbons (Fsp3) is 0.545. The number of hydrogen-bond acceptors (Lipinski definition) is 5. The van der Waals surface area contributed by atoms with Gasteiger partial charge in [-0.1, -0.05) is 30.5 Å². The molecule has 0 aromatic heterocycles. The Morgan fingerprint density at radius 3 is 2.10 bits per heavy atom. The average Bonchev–Trinajstić information content (AvgIpc) is 2.89. The maximum Gasteiger partial charge on any atom is 0.326 e. The zero-order valence-corrected chi connectivity index (χ0v) is 17.4. The number of carbonyl (C=O) groups excluding carboxylic acids is 4. The zero-order chi connectivity index (χ0) is 21.3. The maximum absolute atomic E-state index is 12.5. The lowest BCUT2D eigenvalue weighted by molar-refractivity contribution is -0.158. The molecule has 7 nitrogen and oxygen atoms in total. The molecular formula is C22H28N2O5. The lowest BCUT2D eigenvalue weighted by Crippen LogP contribution is -2.39. The van der Waals surface area contributed by atoms with Crippen LogP contribution in [0.1, 0.15) is 49.3 Å². The highest BCUT2D eigenvalue weighted by molar-refractivity contribution is 6.07. The molecule has 1 aliphatic carbocycles. The molecule has 7 heteroatoms. The minimum Gasteiger partial charge on any atom is -0.451 e. The van der Waals surface area contributed by atoms with E-state index >= 15 is 0 Å². The van der Waals surface area contributed by atoms with E-state index < -0.39 is 24.5 Å². The molecule has 1 saturated carbocycles. The average molecular weight is 400 g/mol. The van der Waals surface area contributed by atoms with Gasteiger partial charge in [0.1, 0.15) is 6.54 Å². The molecule has 3 amide bonds. The lowest BCUT2D eigenvalue weighted by atomic mass is 9.81. The van der Waals surface area contributed by atoms with Crippen LogP contribution in [0.2, 0.25) is 0 Å². The first-order valence-corrected chi connectivity index (χ1v) is 10.1. The van der Waals surface area contributed by atoms with Gasteiger partial charge < -0.3 is 10.1 Å². The van der Waals surface area contributed by atoms with Crippen molar-refractivity contribution in [1.29, 1.82) is 0 Å². The number of aryl methyl sites for hydroxylation is 3. The summed E-state index contributed by atoms with van der Waals surface area (Å²) in [6.07, 6.45) is 2.18. The number of benzene rings is 1. The van der Waals surface area contributed by atoms with Crippen LogP contribution >= 0.6 is 0 Å². The number of ether oxygens (including phenoxy) is 1. The molecule has 1 aliphatic heterocycles. The fourth-order valence-electron chi connectivity index (χ4n) is 4.41. The van der Waals surface area contributed by atoms with E-state index in [0.29, 0.717) is 18.5 Å². The summed E-state index contributed by atoms with van der Waals surface area (Å²) in [5.74, 6) is -2.42. The van der Waals surface area contributed by atoms with Gasteiger partial charge in [-0.05, 0) is 51.7 Å². The van der Waals surface area contributed by atoms with E-state index in [2.05, 4.69) is 5.32 Å². The molecule has 3 unspecified atom stereocenters. The van der Waals surface area contributed by atoms with Crippen LogP contribution in [0.4, 0.5) is 5.69 Å². The van der Waals surface area contributed by atoms with Crippen LogP contribution in [0.3, 0.4) is 0 Å². The molecule has 2 aliphatic rings. The van der Waals surface area contributed by atoms with Gasteiger partial charge in [-0.2, -0.15) is 0 Å². The van der Waals surface area contributed by atoms with Gasteiger partial charge in [-0.25, -0.2) is 0 Å². The molecular weight excluding hydrogens is 372 g/mol. The molecule has 2 fully saturated rings. The maximum atomic E-state index is 12.5. The van der Waals surface area contributed by atoms with Crippen molar-refractivity contribution in [3.8, 4) is 0 Å². The van der Waals surface area contributed by atoms with Crippen LogP contribution in [0.25, 0.3) is 0 Å². The molecule has 0 spiro atoms. The summed E-state index contributed by atoms with van der Waals surface area (Å²) in [6, 6.07) is 3.92. The number of nitrogens with one attached hydrogen (secondary N) is 1. The minimum absolute atomic E-state index is 0.292. The van der Waals surface area contributed by atoms with Crippen molar-refractivity contribution in [3.05, 3.63) is 28.8 Å². The minimum atomic E-state index is -1.04. The van der Waals surface area contributed by atoms with E-state index in [1.54, 1.807) is 0 Å².